The molecule has 2 rings (SSSR count). The SMILES string of the molecule is O=C(O)[C@H]1CC(c2ccc(F)cc2)=NN1. The minimum Gasteiger partial charge on any atom is -0.480 e. The maximum Gasteiger partial charge on any atom is 0.328 e. The first kappa shape index (κ1) is 9.64. The van der Waals surface area contributed by atoms with E-state index in [4.69, 9.17) is 5.11 Å². The maximum absolute atomic E-state index is 12.6. The van der Waals surface area contributed by atoms with Crippen molar-refractivity contribution < 1.29 is 14.3 Å². The van der Waals surface area contributed by atoms with Gasteiger partial charge in [-0.1, -0.05) is 12.1 Å². The normalized spacial score (nSPS) is 19.5. The van der Waals surface area contributed by atoms with Gasteiger partial charge in [-0.05, 0) is 17.7 Å². The number of benzene rings is 1. The lowest BCUT2D eigenvalue weighted by molar-refractivity contribution is -0.139. The van der Waals surface area contributed by atoms with Crippen molar-refractivity contribution in [2.75, 3.05) is 0 Å². The largest absolute Gasteiger partial charge is 0.480 e. The van der Waals surface area contributed by atoms with Crippen molar-refractivity contribution in [2.45, 2.75) is 12.5 Å². The van der Waals surface area contributed by atoms with Crippen LogP contribution in [0.2, 0.25) is 0 Å². The molecule has 0 aromatic heterocycles. The van der Waals surface area contributed by atoms with E-state index in [1.54, 1.807) is 12.1 Å². The molecule has 5 heteroatoms. The van der Waals surface area contributed by atoms with Gasteiger partial charge in [0.05, 0.1) is 5.71 Å². The molecular weight excluding hydrogens is 199 g/mol. The van der Waals surface area contributed by atoms with Crippen LogP contribution < -0.4 is 5.43 Å². The summed E-state index contributed by atoms with van der Waals surface area (Å²) in [5.74, 6) is -1.25. The predicted molar refractivity (Wildman–Crippen MR) is 52.1 cm³/mol. The van der Waals surface area contributed by atoms with Crippen LogP contribution in [0.4, 0.5) is 4.39 Å². The number of nitrogens with zero attached hydrogens (tertiary/aromatic N) is 1. The summed E-state index contributed by atoms with van der Waals surface area (Å²) in [5.41, 5.74) is 3.90. The highest BCUT2D eigenvalue weighted by atomic mass is 19.1. The summed E-state index contributed by atoms with van der Waals surface area (Å²) in [6.07, 6.45) is 0.320. The first-order chi connectivity index (χ1) is 7.16. The van der Waals surface area contributed by atoms with Gasteiger partial charge in [0.25, 0.3) is 0 Å². The Bertz CT molecular complexity index is 414. The molecule has 1 aliphatic heterocycles. The van der Waals surface area contributed by atoms with Crippen LogP contribution in [0.3, 0.4) is 0 Å². The van der Waals surface area contributed by atoms with Gasteiger partial charge in [-0.25, -0.2) is 9.18 Å². The lowest BCUT2D eigenvalue weighted by Crippen LogP contribution is -2.29. The first-order valence-corrected chi connectivity index (χ1v) is 4.47. The van der Waals surface area contributed by atoms with Gasteiger partial charge in [-0.2, -0.15) is 5.10 Å². The summed E-state index contributed by atoms with van der Waals surface area (Å²) >= 11 is 0. The van der Waals surface area contributed by atoms with E-state index in [2.05, 4.69) is 10.5 Å². The average molecular weight is 208 g/mol. The molecule has 1 aromatic carbocycles. The van der Waals surface area contributed by atoms with Gasteiger partial charge in [0.1, 0.15) is 11.9 Å². The molecule has 1 heterocycles. The molecule has 1 atom stereocenters. The van der Waals surface area contributed by atoms with Crippen molar-refractivity contribution in [1.82, 2.24) is 5.43 Å². The fourth-order valence-corrected chi connectivity index (χ4v) is 1.41. The molecule has 2 N–H and O–H groups in total. The Balaban J connectivity index is 2.14. The smallest absolute Gasteiger partial charge is 0.328 e. The van der Waals surface area contributed by atoms with Crippen LogP contribution in [0.25, 0.3) is 0 Å². The number of hydrogen-bond donors (Lipinski definition) is 2. The minimum absolute atomic E-state index is 0.319. The highest BCUT2D eigenvalue weighted by Gasteiger charge is 2.25. The number of hydrogen-bond acceptors (Lipinski definition) is 3. The average Bonchev–Trinajstić information content (AvgIpc) is 2.68. The summed E-state index contributed by atoms with van der Waals surface area (Å²) in [6, 6.07) is 5.14. The number of nitrogens with one attached hydrogen (secondary N) is 1. The van der Waals surface area contributed by atoms with Gasteiger partial charge >= 0.3 is 5.97 Å². The van der Waals surface area contributed by atoms with Crippen LogP contribution in [0.1, 0.15) is 12.0 Å². The van der Waals surface area contributed by atoms with Crippen LogP contribution in [-0.2, 0) is 4.79 Å². The van der Waals surface area contributed by atoms with E-state index in [1.165, 1.54) is 12.1 Å². The Morgan fingerprint density at radius 1 is 1.47 bits per heavy atom. The summed E-state index contributed by atoms with van der Waals surface area (Å²) in [6.45, 7) is 0. The molecule has 0 radical (unpaired) electrons. The molecule has 0 amide bonds. The summed E-state index contributed by atoms with van der Waals surface area (Å²) in [7, 11) is 0. The third-order valence-electron chi connectivity index (χ3n) is 2.23. The highest BCUT2D eigenvalue weighted by molar-refractivity contribution is 6.04. The molecule has 78 valence electrons. The van der Waals surface area contributed by atoms with Gasteiger partial charge in [-0.15, -0.1) is 0 Å². The monoisotopic (exact) mass is 208 g/mol. The Morgan fingerprint density at radius 2 is 2.13 bits per heavy atom. The molecule has 0 saturated heterocycles. The van der Waals surface area contributed by atoms with E-state index in [1.807, 2.05) is 0 Å². The van der Waals surface area contributed by atoms with Crippen molar-refractivity contribution in [3.05, 3.63) is 35.6 Å². The summed E-state index contributed by atoms with van der Waals surface area (Å²) < 4.78 is 12.6. The standard InChI is InChI=1S/C10H9FN2O2/c11-7-3-1-6(2-4-7)8-5-9(10(14)15)13-12-8/h1-4,9,13H,5H2,(H,14,15)/t9-/m1/s1. The molecule has 0 aliphatic carbocycles. The van der Waals surface area contributed by atoms with Crippen molar-refractivity contribution >= 4 is 11.7 Å². The van der Waals surface area contributed by atoms with Gasteiger partial charge in [-0.3, -0.25) is 5.43 Å². The van der Waals surface area contributed by atoms with Crippen molar-refractivity contribution in [1.29, 1.82) is 0 Å². The third-order valence-corrected chi connectivity index (χ3v) is 2.23. The number of rotatable bonds is 2. The molecular formula is C10H9FN2O2. The molecule has 0 fully saturated rings. The van der Waals surface area contributed by atoms with Crippen molar-refractivity contribution in [3.8, 4) is 0 Å². The zero-order valence-corrected chi connectivity index (χ0v) is 7.77. The lowest BCUT2D eigenvalue weighted by atomic mass is 10.0. The van der Waals surface area contributed by atoms with Crippen molar-refractivity contribution in [3.63, 3.8) is 0 Å². The predicted octanol–water partition coefficient (Wildman–Crippen LogP) is 0.976. The summed E-state index contributed by atoms with van der Waals surface area (Å²) in [5, 5.41) is 12.6. The number of halogens is 1. The Morgan fingerprint density at radius 3 is 2.67 bits per heavy atom. The Hall–Kier alpha value is -1.91. The molecule has 1 aromatic rings. The minimum atomic E-state index is -0.934. The van der Waals surface area contributed by atoms with Gasteiger partial charge < -0.3 is 5.11 Å². The molecule has 0 saturated carbocycles. The van der Waals surface area contributed by atoms with Crippen LogP contribution in [-0.4, -0.2) is 22.8 Å². The Kier molecular flexibility index (Phi) is 2.37. The maximum atomic E-state index is 12.6. The number of hydrazone groups is 1. The Labute approximate surface area is 85.4 Å². The topological polar surface area (TPSA) is 61.7 Å². The van der Waals surface area contributed by atoms with E-state index in [-0.39, 0.29) is 5.82 Å². The van der Waals surface area contributed by atoms with E-state index in [0.717, 1.165) is 5.56 Å². The first-order valence-electron chi connectivity index (χ1n) is 4.47. The van der Waals surface area contributed by atoms with Crippen LogP contribution in [0.5, 0.6) is 0 Å². The zero-order chi connectivity index (χ0) is 10.8. The van der Waals surface area contributed by atoms with Crippen LogP contribution in [0, 0.1) is 5.82 Å². The van der Waals surface area contributed by atoms with Gasteiger partial charge in [0.2, 0.25) is 0 Å². The molecule has 0 bridgehead atoms. The van der Waals surface area contributed by atoms with Crippen molar-refractivity contribution in [2.24, 2.45) is 5.10 Å². The quantitative estimate of drug-likeness (QED) is 0.761. The zero-order valence-electron chi connectivity index (χ0n) is 7.77. The van der Waals surface area contributed by atoms with Crippen LogP contribution >= 0.6 is 0 Å². The lowest BCUT2D eigenvalue weighted by Gasteiger charge is -2.01. The second-order valence-electron chi connectivity index (χ2n) is 3.29. The third kappa shape index (κ3) is 1.96. The number of carboxylic acids is 1. The van der Waals surface area contributed by atoms with Crippen LogP contribution in [0.15, 0.2) is 29.4 Å². The van der Waals surface area contributed by atoms with E-state index >= 15 is 0 Å². The molecule has 0 spiro atoms. The van der Waals surface area contributed by atoms with Gasteiger partial charge in [0, 0.05) is 6.42 Å². The van der Waals surface area contributed by atoms with Gasteiger partial charge in [0.15, 0.2) is 0 Å². The molecule has 0 unspecified atom stereocenters. The summed E-state index contributed by atoms with van der Waals surface area (Å²) in [4.78, 5) is 10.6. The van der Waals surface area contributed by atoms with E-state index in [9.17, 15) is 9.18 Å². The second-order valence-corrected chi connectivity index (χ2v) is 3.29. The highest BCUT2D eigenvalue weighted by Crippen LogP contribution is 2.12. The number of aliphatic carboxylic acids is 1. The van der Waals surface area contributed by atoms with E-state index in [0.29, 0.717) is 12.1 Å². The van der Waals surface area contributed by atoms with E-state index < -0.39 is 12.0 Å². The molecule has 1 aliphatic rings. The fraction of sp³-hybridized carbons (Fsp3) is 0.200. The number of carbonyl (C=O) groups is 1. The fourth-order valence-electron chi connectivity index (χ4n) is 1.41. The molecule has 15 heavy (non-hydrogen) atoms. The molecule has 4 nitrogen and oxygen atoms in total. The number of carboxylic acid groups (broad SMARTS) is 1. The second kappa shape index (κ2) is 3.68.